The van der Waals surface area contributed by atoms with Gasteiger partial charge in [0.2, 0.25) is 5.91 Å². The molecule has 2 amide bonds. The van der Waals surface area contributed by atoms with Crippen LogP contribution in [-0.2, 0) is 9.59 Å². The van der Waals surface area contributed by atoms with E-state index in [1.807, 2.05) is 0 Å². The number of nitrogens with one attached hydrogen (secondary N) is 1. The summed E-state index contributed by atoms with van der Waals surface area (Å²) in [5, 5.41) is 14.8. The lowest BCUT2D eigenvalue weighted by Gasteiger charge is -2.18. The SMILES string of the molecule is CCN(CC(=O)O)C(=O)CCNC(=O)c1ccsc1. The molecule has 0 unspecified atom stereocenters. The van der Waals surface area contributed by atoms with E-state index in [4.69, 9.17) is 5.11 Å². The highest BCUT2D eigenvalue weighted by molar-refractivity contribution is 7.08. The van der Waals surface area contributed by atoms with Crippen molar-refractivity contribution in [1.82, 2.24) is 10.2 Å². The van der Waals surface area contributed by atoms with Crippen LogP contribution < -0.4 is 5.32 Å². The Morgan fingerprint density at radius 2 is 2.16 bits per heavy atom. The van der Waals surface area contributed by atoms with Crippen molar-refractivity contribution in [3.05, 3.63) is 22.4 Å². The molecule has 1 heterocycles. The molecule has 0 aliphatic heterocycles. The second kappa shape index (κ2) is 7.52. The average Bonchev–Trinajstić information content (AvgIpc) is 2.89. The summed E-state index contributed by atoms with van der Waals surface area (Å²) in [6, 6.07) is 1.70. The summed E-state index contributed by atoms with van der Waals surface area (Å²) in [6.45, 7) is 1.94. The Labute approximate surface area is 115 Å². The van der Waals surface area contributed by atoms with E-state index in [0.29, 0.717) is 12.1 Å². The van der Waals surface area contributed by atoms with Gasteiger partial charge in [-0.25, -0.2) is 0 Å². The molecule has 0 aromatic carbocycles. The topological polar surface area (TPSA) is 86.7 Å². The fraction of sp³-hybridized carbons (Fsp3) is 0.417. The van der Waals surface area contributed by atoms with Crippen molar-refractivity contribution >= 4 is 29.1 Å². The maximum atomic E-state index is 11.7. The number of likely N-dealkylation sites (N-methyl/N-ethyl adjacent to an activating group) is 1. The Balaban J connectivity index is 2.33. The number of hydrogen-bond acceptors (Lipinski definition) is 4. The van der Waals surface area contributed by atoms with Crippen LogP contribution in [0.2, 0.25) is 0 Å². The molecule has 104 valence electrons. The first kappa shape index (κ1) is 15.2. The second-order valence-corrected chi connectivity index (χ2v) is 4.60. The summed E-state index contributed by atoms with van der Waals surface area (Å²) in [4.78, 5) is 35.1. The molecule has 2 N–H and O–H groups in total. The zero-order valence-electron chi connectivity index (χ0n) is 10.6. The summed E-state index contributed by atoms with van der Waals surface area (Å²) < 4.78 is 0. The number of thiophene rings is 1. The van der Waals surface area contributed by atoms with Gasteiger partial charge in [0.05, 0.1) is 0 Å². The fourth-order valence-electron chi connectivity index (χ4n) is 1.48. The van der Waals surface area contributed by atoms with Crippen LogP contribution in [-0.4, -0.2) is 47.4 Å². The second-order valence-electron chi connectivity index (χ2n) is 3.82. The van der Waals surface area contributed by atoms with Crippen molar-refractivity contribution in [2.24, 2.45) is 0 Å². The van der Waals surface area contributed by atoms with Gasteiger partial charge in [-0.1, -0.05) is 0 Å². The van der Waals surface area contributed by atoms with Gasteiger partial charge in [0, 0.05) is 30.5 Å². The predicted molar refractivity (Wildman–Crippen MR) is 71.2 cm³/mol. The lowest BCUT2D eigenvalue weighted by molar-refractivity contribution is -0.144. The van der Waals surface area contributed by atoms with E-state index in [-0.39, 0.29) is 31.3 Å². The molecule has 0 atom stereocenters. The van der Waals surface area contributed by atoms with Crippen LogP contribution in [0, 0.1) is 0 Å². The largest absolute Gasteiger partial charge is 0.480 e. The molecule has 0 radical (unpaired) electrons. The van der Waals surface area contributed by atoms with Gasteiger partial charge >= 0.3 is 5.97 Å². The number of carbonyl (C=O) groups is 3. The molecular formula is C12H16N2O4S. The molecule has 0 saturated carbocycles. The predicted octanol–water partition coefficient (Wildman–Crippen LogP) is 0.801. The van der Waals surface area contributed by atoms with Crippen molar-refractivity contribution in [2.75, 3.05) is 19.6 Å². The Hall–Kier alpha value is -1.89. The van der Waals surface area contributed by atoms with E-state index in [9.17, 15) is 14.4 Å². The minimum absolute atomic E-state index is 0.0942. The quantitative estimate of drug-likeness (QED) is 0.775. The number of aliphatic carboxylic acids is 1. The van der Waals surface area contributed by atoms with Crippen molar-refractivity contribution in [3.63, 3.8) is 0 Å². The minimum Gasteiger partial charge on any atom is -0.480 e. The summed E-state index contributed by atoms with van der Waals surface area (Å²) in [5.74, 6) is -1.55. The third kappa shape index (κ3) is 5.09. The summed E-state index contributed by atoms with van der Waals surface area (Å²) >= 11 is 1.42. The highest BCUT2D eigenvalue weighted by Crippen LogP contribution is 2.05. The molecule has 1 aromatic heterocycles. The van der Waals surface area contributed by atoms with Crippen LogP contribution in [0.25, 0.3) is 0 Å². The zero-order chi connectivity index (χ0) is 14.3. The zero-order valence-corrected chi connectivity index (χ0v) is 11.4. The van der Waals surface area contributed by atoms with E-state index in [2.05, 4.69) is 5.32 Å². The van der Waals surface area contributed by atoms with Crippen LogP contribution in [0.1, 0.15) is 23.7 Å². The molecule has 0 aliphatic rings. The molecule has 0 spiro atoms. The number of amides is 2. The summed E-state index contributed by atoms with van der Waals surface area (Å²) in [7, 11) is 0. The van der Waals surface area contributed by atoms with Gasteiger partial charge in [-0.15, -0.1) is 0 Å². The average molecular weight is 284 g/mol. The number of hydrogen-bond donors (Lipinski definition) is 2. The van der Waals surface area contributed by atoms with Crippen molar-refractivity contribution < 1.29 is 19.5 Å². The number of carboxylic acid groups (broad SMARTS) is 1. The van der Waals surface area contributed by atoms with Gasteiger partial charge in [-0.3, -0.25) is 14.4 Å². The minimum atomic E-state index is -1.04. The fourth-order valence-corrected chi connectivity index (χ4v) is 2.11. The van der Waals surface area contributed by atoms with Crippen molar-refractivity contribution in [1.29, 1.82) is 0 Å². The van der Waals surface area contributed by atoms with Gasteiger partial charge in [0.15, 0.2) is 0 Å². The van der Waals surface area contributed by atoms with E-state index in [0.717, 1.165) is 0 Å². The monoisotopic (exact) mass is 284 g/mol. The Morgan fingerprint density at radius 1 is 1.42 bits per heavy atom. The maximum Gasteiger partial charge on any atom is 0.323 e. The summed E-state index contributed by atoms with van der Waals surface area (Å²) in [6.07, 6.45) is 0.0942. The Kier molecular flexibility index (Phi) is 6.01. The third-order valence-corrected chi connectivity index (χ3v) is 3.15. The third-order valence-electron chi connectivity index (χ3n) is 2.47. The van der Waals surface area contributed by atoms with Crippen LogP contribution in [0.5, 0.6) is 0 Å². The van der Waals surface area contributed by atoms with E-state index in [1.54, 1.807) is 23.8 Å². The van der Waals surface area contributed by atoms with Crippen LogP contribution >= 0.6 is 11.3 Å². The highest BCUT2D eigenvalue weighted by Gasteiger charge is 2.15. The highest BCUT2D eigenvalue weighted by atomic mass is 32.1. The van der Waals surface area contributed by atoms with Gasteiger partial charge in [0.1, 0.15) is 6.54 Å². The molecule has 0 bridgehead atoms. The molecule has 1 rings (SSSR count). The first-order valence-electron chi connectivity index (χ1n) is 5.84. The normalized spacial score (nSPS) is 9.95. The first-order valence-corrected chi connectivity index (χ1v) is 6.78. The van der Waals surface area contributed by atoms with Gasteiger partial charge in [-0.2, -0.15) is 11.3 Å². The van der Waals surface area contributed by atoms with E-state index >= 15 is 0 Å². The number of nitrogens with zero attached hydrogens (tertiary/aromatic N) is 1. The Morgan fingerprint density at radius 3 is 2.68 bits per heavy atom. The molecule has 0 aliphatic carbocycles. The van der Waals surface area contributed by atoms with Crippen LogP contribution in [0.3, 0.4) is 0 Å². The molecule has 1 aromatic rings. The molecule has 19 heavy (non-hydrogen) atoms. The van der Waals surface area contributed by atoms with Crippen molar-refractivity contribution in [3.8, 4) is 0 Å². The van der Waals surface area contributed by atoms with Crippen molar-refractivity contribution in [2.45, 2.75) is 13.3 Å². The standard InChI is InChI=1S/C12H16N2O4S/c1-2-14(7-11(16)17)10(15)3-5-13-12(18)9-4-6-19-8-9/h4,6,8H,2-3,5,7H2,1H3,(H,13,18)(H,16,17). The van der Waals surface area contributed by atoms with Gasteiger partial charge in [0.25, 0.3) is 5.91 Å². The van der Waals surface area contributed by atoms with Crippen LogP contribution in [0.4, 0.5) is 0 Å². The maximum absolute atomic E-state index is 11.7. The van der Waals surface area contributed by atoms with Gasteiger partial charge < -0.3 is 15.3 Å². The molecule has 0 fully saturated rings. The lowest BCUT2D eigenvalue weighted by Crippen LogP contribution is -2.37. The van der Waals surface area contributed by atoms with Gasteiger partial charge in [-0.05, 0) is 18.4 Å². The smallest absolute Gasteiger partial charge is 0.323 e. The lowest BCUT2D eigenvalue weighted by atomic mass is 10.3. The number of carbonyl (C=O) groups excluding carboxylic acids is 2. The molecule has 0 saturated heterocycles. The van der Waals surface area contributed by atoms with Crippen LogP contribution in [0.15, 0.2) is 16.8 Å². The number of rotatable bonds is 7. The Bertz CT molecular complexity index is 445. The molecule has 6 nitrogen and oxygen atoms in total. The first-order chi connectivity index (χ1) is 9.04. The number of carboxylic acids is 1. The molecular weight excluding hydrogens is 268 g/mol. The molecule has 7 heteroatoms. The van der Waals surface area contributed by atoms with E-state index in [1.165, 1.54) is 16.2 Å². The van der Waals surface area contributed by atoms with E-state index < -0.39 is 5.97 Å². The summed E-state index contributed by atoms with van der Waals surface area (Å²) in [5.41, 5.74) is 0.565.